The molecule has 2 fully saturated rings. The summed E-state index contributed by atoms with van der Waals surface area (Å²) >= 11 is 2.32. The summed E-state index contributed by atoms with van der Waals surface area (Å²) in [7, 11) is 0. The lowest BCUT2D eigenvalue weighted by Gasteiger charge is -2.28. The highest BCUT2D eigenvalue weighted by Gasteiger charge is 2.34. The van der Waals surface area contributed by atoms with Crippen LogP contribution in [0.1, 0.15) is 15.2 Å². The van der Waals surface area contributed by atoms with Crippen molar-refractivity contribution in [1.29, 1.82) is 0 Å². The van der Waals surface area contributed by atoms with E-state index in [1.807, 2.05) is 22.4 Å². The average molecular weight is 489 g/mol. The second kappa shape index (κ2) is 10.1. The van der Waals surface area contributed by atoms with Crippen LogP contribution in [0.5, 0.6) is 0 Å². The third-order valence-corrected chi connectivity index (χ3v) is 6.82. The van der Waals surface area contributed by atoms with Crippen LogP contribution in [0.15, 0.2) is 40.6 Å². The third-order valence-electron chi connectivity index (χ3n) is 5.10. The van der Waals surface area contributed by atoms with E-state index in [2.05, 4.69) is 5.32 Å². The van der Waals surface area contributed by atoms with Gasteiger partial charge in [0.1, 0.15) is 5.69 Å². The van der Waals surface area contributed by atoms with Crippen LogP contribution >= 0.6 is 23.1 Å². The maximum Gasteiger partial charge on any atom is 0.293 e. The van der Waals surface area contributed by atoms with Crippen LogP contribution in [0.2, 0.25) is 0 Å². The van der Waals surface area contributed by atoms with Crippen LogP contribution in [0.4, 0.5) is 16.2 Å². The second-order valence-electron chi connectivity index (χ2n) is 7.16. The topological polar surface area (TPSA) is 122 Å². The van der Waals surface area contributed by atoms with Gasteiger partial charge in [0.05, 0.1) is 23.0 Å². The van der Waals surface area contributed by atoms with Crippen molar-refractivity contribution in [3.8, 4) is 0 Å². The normalized spacial score (nSPS) is 17.6. The van der Waals surface area contributed by atoms with Crippen molar-refractivity contribution in [3.05, 3.63) is 61.2 Å². The van der Waals surface area contributed by atoms with Crippen molar-refractivity contribution in [1.82, 2.24) is 10.2 Å². The number of amides is 3. The average Bonchev–Trinajstić information content (AvgIpc) is 3.42. The van der Waals surface area contributed by atoms with E-state index in [9.17, 15) is 24.5 Å². The summed E-state index contributed by atoms with van der Waals surface area (Å²) in [6.45, 7) is 2.07. The molecule has 1 aromatic carbocycles. The molecule has 33 heavy (non-hydrogen) atoms. The molecule has 1 N–H and O–H groups in total. The smallest absolute Gasteiger partial charge is 0.293 e. The van der Waals surface area contributed by atoms with E-state index in [1.165, 1.54) is 23.5 Å². The number of nitrogens with one attached hydrogen (secondary N) is 1. The predicted molar refractivity (Wildman–Crippen MR) is 125 cm³/mol. The lowest BCUT2D eigenvalue weighted by Crippen LogP contribution is -2.37. The Hall–Kier alpha value is -3.22. The number of anilines is 1. The summed E-state index contributed by atoms with van der Waals surface area (Å²) in [5, 5.41) is 15.7. The minimum absolute atomic E-state index is 0.00609. The van der Waals surface area contributed by atoms with Crippen molar-refractivity contribution >= 4 is 57.6 Å². The van der Waals surface area contributed by atoms with Gasteiger partial charge in [0.2, 0.25) is 0 Å². The molecule has 3 amide bonds. The first-order chi connectivity index (χ1) is 15.9. The van der Waals surface area contributed by atoms with Gasteiger partial charge in [0.25, 0.3) is 22.7 Å². The molecule has 12 heteroatoms. The molecule has 2 aromatic rings. The Balaban J connectivity index is 1.38. The Bertz CT molecular complexity index is 1110. The number of carbonyl (C=O) groups is 3. The Morgan fingerprint density at radius 3 is 2.73 bits per heavy atom. The van der Waals surface area contributed by atoms with Crippen molar-refractivity contribution in [3.63, 3.8) is 0 Å². The molecule has 0 atom stereocenters. The van der Waals surface area contributed by atoms with Gasteiger partial charge in [-0.2, -0.15) is 0 Å². The van der Waals surface area contributed by atoms with Gasteiger partial charge < -0.3 is 15.0 Å². The Labute approximate surface area is 197 Å². The zero-order chi connectivity index (χ0) is 23.4. The number of nitro groups is 1. The fourth-order valence-electron chi connectivity index (χ4n) is 3.46. The highest BCUT2D eigenvalue weighted by Crippen LogP contribution is 2.33. The Morgan fingerprint density at radius 1 is 1.24 bits per heavy atom. The molecule has 0 radical (unpaired) electrons. The third kappa shape index (κ3) is 5.24. The minimum atomic E-state index is -0.521. The second-order valence-corrected chi connectivity index (χ2v) is 9.14. The zero-order valence-corrected chi connectivity index (χ0v) is 19.0. The fourth-order valence-corrected chi connectivity index (χ4v) is 5.05. The van der Waals surface area contributed by atoms with Gasteiger partial charge in [-0.3, -0.25) is 29.4 Å². The first-order valence-corrected chi connectivity index (χ1v) is 11.8. The van der Waals surface area contributed by atoms with Crippen LogP contribution in [0.25, 0.3) is 6.08 Å². The number of ether oxygens (including phenoxy) is 1. The van der Waals surface area contributed by atoms with Gasteiger partial charge >= 0.3 is 0 Å². The van der Waals surface area contributed by atoms with Crippen molar-refractivity contribution in [2.75, 3.05) is 44.3 Å². The molecule has 0 spiro atoms. The minimum Gasteiger partial charge on any atom is -0.378 e. The summed E-state index contributed by atoms with van der Waals surface area (Å²) in [6, 6.07) is 8.03. The summed E-state index contributed by atoms with van der Waals surface area (Å²) < 4.78 is 5.29. The van der Waals surface area contributed by atoms with E-state index >= 15 is 0 Å². The molecule has 1 aromatic heterocycles. The van der Waals surface area contributed by atoms with Gasteiger partial charge in [-0.15, -0.1) is 11.3 Å². The van der Waals surface area contributed by atoms with Gasteiger partial charge in [-0.1, -0.05) is 6.07 Å². The van der Waals surface area contributed by atoms with Crippen LogP contribution in [-0.2, 0) is 9.53 Å². The molecule has 4 rings (SSSR count). The van der Waals surface area contributed by atoms with Gasteiger partial charge in [-0.25, -0.2) is 0 Å². The summed E-state index contributed by atoms with van der Waals surface area (Å²) in [5.41, 5.74) is 0.412. The number of hydrogen-bond donors (Lipinski definition) is 1. The van der Waals surface area contributed by atoms with Crippen LogP contribution in [0, 0.1) is 10.1 Å². The van der Waals surface area contributed by atoms with E-state index in [0.29, 0.717) is 36.9 Å². The fraction of sp³-hybridized carbons (Fsp3) is 0.286. The summed E-state index contributed by atoms with van der Waals surface area (Å²) in [6.07, 6.45) is 1.67. The molecular formula is C21H20N4O6S2. The van der Waals surface area contributed by atoms with Gasteiger partial charge in [-0.05, 0) is 41.4 Å². The number of morpholine rings is 1. The number of imide groups is 1. The van der Waals surface area contributed by atoms with E-state index in [1.54, 1.807) is 12.1 Å². The SMILES string of the molecule is O=C(NCCN1C(=O)S/C(=C/c2cccs2)C1=O)c1ccc(N2CCOCC2)c([N+](=O)[O-])c1. The highest BCUT2D eigenvalue weighted by molar-refractivity contribution is 8.18. The van der Waals surface area contributed by atoms with Gasteiger partial charge in [0, 0.05) is 42.7 Å². The number of carbonyl (C=O) groups excluding carboxylic acids is 3. The number of thiophene rings is 1. The molecule has 0 saturated carbocycles. The van der Waals surface area contributed by atoms with Crippen LogP contribution in [-0.4, -0.2) is 66.3 Å². The van der Waals surface area contributed by atoms with Crippen molar-refractivity contribution in [2.45, 2.75) is 0 Å². The standard InChI is InChI=1S/C21H20N4O6S2/c26-19(14-3-4-16(17(12-14)25(29)30)23-7-9-31-10-8-23)22-5-6-24-20(27)18(33-21(24)28)13-15-2-1-11-32-15/h1-4,11-13H,5-10H2,(H,22,26)/b18-13+. The van der Waals surface area contributed by atoms with E-state index in [0.717, 1.165) is 21.5 Å². The number of thioether (sulfide) groups is 1. The first kappa shape index (κ1) is 23.0. The van der Waals surface area contributed by atoms with E-state index in [4.69, 9.17) is 4.74 Å². The lowest BCUT2D eigenvalue weighted by molar-refractivity contribution is -0.384. The molecule has 172 valence electrons. The van der Waals surface area contributed by atoms with Crippen LogP contribution < -0.4 is 10.2 Å². The molecule has 2 aliphatic heterocycles. The highest BCUT2D eigenvalue weighted by atomic mass is 32.2. The van der Waals surface area contributed by atoms with Crippen molar-refractivity contribution in [2.24, 2.45) is 0 Å². The summed E-state index contributed by atoms with van der Waals surface area (Å²) in [5.74, 6) is -0.925. The molecule has 0 unspecified atom stereocenters. The first-order valence-electron chi connectivity index (χ1n) is 10.1. The molecule has 0 bridgehead atoms. The maximum atomic E-state index is 12.5. The zero-order valence-electron chi connectivity index (χ0n) is 17.4. The van der Waals surface area contributed by atoms with E-state index < -0.39 is 22.0 Å². The molecule has 2 aliphatic rings. The van der Waals surface area contributed by atoms with Gasteiger partial charge in [0.15, 0.2) is 0 Å². The van der Waals surface area contributed by atoms with E-state index in [-0.39, 0.29) is 24.3 Å². The number of nitro benzene ring substituents is 1. The Kier molecular flexibility index (Phi) is 7.06. The molecular weight excluding hydrogens is 468 g/mol. The van der Waals surface area contributed by atoms with Crippen molar-refractivity contribution < 1.29 is 24.0 Å². The number of nitrogens with zero attached hydrogens (tertiary/aromatic N) is 3. The molecule has 2 saturated heterocycles. The van der Waals surface area contributed by atoms with Crippen LogP contribution in [0.3, 0.4) is 0 Å². The number of rotatable bonds is 7. The quantitative estimate of drug-likeness (QED) is 0.359. The summed E-state index contributed by atoms with van der Waals surface area (Å²) in [4.78, 5) is 52.5. The Morgan fingerprint density at radius 2 is 2.03 bits per heavy atom. The number of hydrogen-bond acceptors (Lipinski definition) is 9. The monoisotopic (exact) mass is 488 g/mol. The molecule has 0 aliphatic carbocycles. The maximum absolute atomic E-state index is 12.5. The predicted octanol–water partition coefficient (Wildman–Crippen LogP) is 2.96. The molecule has 10 nitrogen and oxygen atoms in total. The lowest BCUT2D eigenvalue weighted by atomic mass is 10.1. The largest absolute Gasteiger partial charge is 0.378 e. The number of benzene rings is 1. The molecule has 3 heterocycles.